The Labute approximate surface area is 108 Å². The van der Waals surface area contributed by atoms with Crippen LogP contribution >= 0.6 is 0 Å². The van der Waals surface area contributed by atoms with Gasteiger partial charge >= 0.3 is 6.18 Å². The molecular weight excluding hydrogens is 257 g/mol. The number of hydrogen-bond donors (Lipinski definition) is 1. The van der Waals surface area contributed by atoms with Gasteiger partial charge in [-0.2, -0.15) is 13.2 Å². The lowest BCUT2D eigenvalue weighted by molar-refractivity contribution is -0.137. The summed E-state index contributed by atoms with van der Waals surface area (Å²) in [5.74, 6) is 0. The molecule has 0 bridgehead atoms. The summed E-state index contributed by atoms with van der Waals surface area (Å²) in [6.45, 7) is 2.14. The highest BCUT2D eigenvalue weighted by Crippen LogP contribution is 2.31. The van der Waals surface area contributed by atoms with Crippen LogP contribution in [0.3, 0.4) is 0 Å². The maximum Gasteiger partial charge on any atom is 0.416 e. The SMILES string of the molecule is Cc1ccc(C(F)(F)F)cc1-n1cc(CCN)nn1. The zero-order chi connectivity index (χ0) is 14.0. The Bertz CT molecular complexity index is 575. The van der Waals surface area contributed by atoms with Gasteiger partial charge in [0, 0.05) is 6.42 Å². The van der Waals surface area contributed by atoms with Crippen LogP contribution in [0.25, 0.3) is 5.69 Å². The Kier molecular flexibility index (Phi) is 3.57. The first-order chi connectivity index (χ1) is 8.91. The molecule has 2 N–H and O–H groups in total. The average Bonchev–Trinajstić information content (AvgIpc) is 2.77. The van der Waals surface area contributed by atoms with Crippen molar-refractivity contribution in [1.82, 2.24) is 15.0 Å². The summed E-state index contributed by atoms with van der Waals surface area (Å²) >= 11 is 0. The molecule has 7 heteroatoms. The topological polar surface area (TPSA) is 56.7 Å². The fourth-order valence-corrected chi connectivity index (χ4v) is 1.71. The second-order valence-electron chi connectivity index (χ2n) is 4.19. The van der Waals surface area contributed by atoms with Crippen molar-refractivity contribution < 1.29 is 13.2 Å². The Morgan fingerprint density at radius 3 is 2.68 bits per heavy atom. The largest absolute Gasteiger partial charge is 0.416 e. The van der Waals surface area contributed by atoms with Crippen molar-refractivity contribution in [2.24, 2.45) is 5.73 Å². The average molecular weight is 270 g/mol. The van der Waals surface area contributed by atoms with Crippen LogP contribution in [-0.2, 0) is 12.6 Å². The van der Waals surface area contributed by atoms with E-state index in [1.54, 1.807) is 13.1 Å². The van der Waals surface area contributed by atoms with Crippen LogP contribution < -0.4 is 5.73 Å². The van der Waals surface area contributed by atoms with Gasteiger partial charge in [0.1, 0.15) is 0 Å². The zero-order valence-corrected chi connectivity index (χ0v) is 10.3. The van der Waals surface area contributed by atoms with Crippen molar-refractivity contribution in [2.75, 3.05) is 6.54 Å². The van der Waals surface area contributed by atoms with Gasteiger partial charge in [0.2, 0.25) is 0 Å². The van der Waals surface area contributed by atoms with E-state index in [0.717, 1.165) is 12.1 Å². The van der Waals surface area contributed by atoms with E-state index in [1.165, 1.54) is 10.7 Å². The van der Waals surface area contributed by atoms with E-state index in [9.17, 15) is 13.2 Å². The summed E-state index contributed by atoms with van der Waals surface area (Å²) in [6, 6.07) is 3.54. The van der Waals surface area contributed by atoms with Gasteiger partial charge in [-0.1, -0.05) is 11.3 Å². The number of aromatic nitrogens is 3. The van der Waals surface area contributed by atoms with Gasteiger partial charge in [-0.15, -0.1) is 5.10 Å². The maximum atomic E-state index is 12.7. The molecule has 0 spiro atoms. The molecule has 102 valence electrons. The minimum Gasteiger partial charge on any atom is -0.330 e. The molecule has 0 aliphatic rings. The highest BCUT2D eigenvalue weighted by molar-refractivity contribution is 5.43. The smallest absolute Gasteiger partial charge is 0.330 e. The van der Waals surface area contributed by atoms with Gasteiger partial charge < -0.3 is 5.73 Å². The number of benzene rings is 1. The number of nitrogens with zero attached hydrogens (tertiary/aromatic N) is 3. The number of rotatable bonds is 3. The molecule has 0 fully saturated rings. The summed E-state index contributed by atoms with van der Waals surface area (Å²) in [4.78, 5) is 0. The Hall–Kier alpha value is -1.89. The minimum atomic E-state index is -4.37. The Morgan fingerprint density at radius 1 is 1.32 bits per heavy atom. The lowest BCUT2D eigenvalue weighted by Crippen LogP contribution is -2.07. The third kappa shape index (κ3) is 2.93. The van der Waals surface area contributed by atoms with Crippen LogP contribution in [0.15, 0.2) is 24.4 Å². The number of aryl methyl sites for hydroxylation is 1. The highest BCUT2D eigenvalue weighted by Gasteiger charge is 2.31. The van der Waals surface area contributed by atoms with Gasteiger partial charge in [0.05, 0.1) is 23.1 Å². The second kappa shape index (κ2) is 5.00. The molecule has 1 aromatic heterocycles. The number of alkyl halides is 3. The van der Waals surface area contributed by atoms with E-state index in [-0.39, 0.29) is 0 Å². The van der Waals surface area contributed by atoms with Crippen molar-refractivity contribution in [3.05, 3.63) is 41.2 Å². The van der Waals surface area contributed by atoms with E-state index < -0.39 is 11.7 Å². The summed E-state index contributed by atoms with van der Waals surface area (Å²) < 4.78 is 39.4. The van der Waals surface area contributed by atoms with Crippen LogP contribution in [0.5, 0.6) is 0 Å². The van der Waals surface area contributed by atoms with Crippen LogP contribution in [0.1, 0.15) is 16.8 Å². The number of hydrogen-bond acceptors (Lipinski definition) is 3. The molecule has 0 atom stereocenters. The van der Waals surface area contributed by atoms with Crippen molar-refractivity contribution in [1.29, 1.82) is 0 Å². The monoisotopic (exact) mass is 270 g/mol. The third-order valence-corrected chi connectivity index (χ3v) is 2.72. The zero-order valence-electron chi connectivity index (χ0n) is 10.3. The molecule has 0 aliphatic heterocycles. The lowest BCUT2D eigenvalue weighted by Gasteiger charge is -2.10. The van der Waals surface area contributed by atoms with E-state index >= 15 is 0 Å². The first-order valence-electron chi connectivity index (χ1n) is 5.71. The highest BCUT2D eigenvalue weighted by atomic mass is 19.4. The maximum absolute atomic E-state index is 12.7. The molecule has 1 heterocycles. The molecule has 0 radical (unpaired) electrons. The van der Waals surface area contributed by atoms with Crippen molar-refractivity contribution >= 4 is 0 Å². The molecule has 1 aromatic carbocycles. The first kappa shape index (κ1) is 13.5. The van der Waals surface area contributed by atoms with Gasteiger partial charge in [-0.05, 0) is 31.2 Å². The summed E-state index contributed by atoms with van der Waals surface area (Å²) in [7, 11) is 0. The molecule has 0 unspecified atom stereocenters. The summed E-state index contributed by atoms with van der Waals surface area (Å²) in [5, 5.41) is 7.70. The molecule has 0 aliphatic carbocycles. The molecule has 2 aromatic rings. The fraction of sp³-hybridized carbons (Fsp3) is 0.333. The predicted octanol–water partition coefficient (Wildman–Crippen LogP) is 2.10. The number of halogens is 3. The lowest BCUT2D eigenvalue weighted by atomic mass is 10.1. The molecule has 0 saturated carbocycles. The predicted molar refractivity (Wildman–Crippen MR) is 63.9 cm³/mol. The van der Waals surface area contributed by atoms with Crippen LogP contribution in [0, 0.1) is 6.92 Å². The van der Waals surface area contributed by atoms with Gasteiger partial charge in [0.25, 0.3) is 0 Å². The van der Waals surface area contributed by atoms with Crippen LogP contribution in [0.2, 0.25) is 0 Å². The second-order valence-corrected chi connectivity index (χ2v) is 4.19. The third-order valence-electron chi connectivity index (χ3n) is 2.72. The Balaban J connectivity index is 2.42. The van der Waals surface area contributed by atoms with Crippen molar-refractivity contribution in [3.63, 3.8) is 0 Å². The standard InChI is InChI=1S/C12H13F3N4/c1-8-2-3-9(12(13,14)15)6-11(8)19-7-10(4-5-16)17-18-19/h2-3,6-7H,4-5,16H2,1H3. The Morgan fingerprint density at radius 2 is 2.05 bits per heavy atom. The molecule has 0 amide bonds. The van der Waals surface area contributed by atoms with E-state index in [0.29, 0.717) is 29.9 Å². The fourth-order valence-electron chi connectivity index (χ4n) is 1.71. The number of nitrogens with two attached hydrogens (primary N) is 1. The molecule has 2 rings (SSSR count). The molecule has 19 heavy (non-hydrogen) atoms. The van der Waals surface area contributed by atoms with Gasteiger partial charge in [-0.3, -0.25) is 0 Å². The van der Waals surface area contributed by atoms with E-state index in [4.69, 9.17) is 5.73 Å². The quantitative estimate of drug-likeness (QED) is 0.929. The molecule has 4 nitrogen and oxygen atoms in total. The molecular formula is C12H13F3N4. The van der Waals surface area contributed by atoms with Crippen molar-refractivity contribution in [3.8, 4) is 5.69 Å². The molecule has 0 saturated heterocycles. The normalized spacial score (nSPS) is 11.8. The van der Waals surface area contributed by atoms with Crippen LogP contribution in [0.4, 0.5) is 13.2 Å². The van der Waals surface area contributed by atoms with Crippen LogP contribution in [-0.4, -0.2) is 21.5 Å². The van der Waals surface area contributed by atoms with Gasteiger partial charge in [0.15, 0.2) is 0 Å². The van der Waals surface area contributed by atoms with E-state index in [1.807, 2.05) is 0 Å². The summed E-state index contributed by atoms with van der Waals surface area (Å²) in [6.07, 6.45) is -2.24. The van der Waals surface area contributed by atoms with E-state index in [2.05, 4.69) is 10.3 Å². The summed E-state index contributed by atoms with van der Waals surface area (Å²) in [5.41, 5.74) is 6.40. The minimum absolute atomic E-state index is 0.366. The van der Waals surface area contributed by atoms with Gasteiger partial charge in [-0.25, -0.2) is 4.68 Å². The first-order valence-corrected chi connectivity index (χ1v) is 5.71. The van der Waals surface area contributed by atoms with Crippen molar-refractivity contribution in [2.45, 2.75) is 19.5 Å².